The third-order valence-electron chi connectivity index (χ3n) is 4.76. The van der Waals surface area contributed by atoms with Crippen molar-refractivity contribution >= 4 is 29.3 Å². The number of aromatic nitrogens is 4. The number of hydrogen-bond donors (Lipinski definition) is 0. The van der Waals surface area contributed by atoms with Gasteiger partial charge in [-0.3, -0.25) is 4.79 Å². The molecule has 2 aromatic carbocycles. The summed E-state index contributed by atoms with van der Waals surface area (Å²) in [6, 6.07) is 13.1. The average molecular weight is 446 g/mol. The Morgan fingerprint density at radius 1 is 1.23 bits per heavy atom. The van der Waals surface area contributed by atoms with Gasteiger partial charge in [-0.25, -0.2) is 0 Å². The fraction of sp³-hybridized carbons (Fsp3) is 0.333. The average Bonchev–Trinajstić information content (AvgIpc) is 3.18. The van der Waals surface area contributed by atoms with Gasteiger partial charge in [-0.2, -0.15) is 4.68 Å². The fourth-order valence-corrected chi connectivity index (χ4v) is 3.87. The molecule has 1 atom stereocenters. The standard InChI is InChI=1S/C21H24ClN5O2S/c1-14-6-5-7-19(15(14)2)27-21(23-24-25-27)30-16(3)20(28)26(4)12-13-29-18-10-8-17(22)9-11-18/h5-11,16H,12-13H2,1-4H3. The van der Waals surface area contributed by atoms with Crippen LogP contribution in [0.1, 0.15) is 18.1 Å². The first kappa shape index (κ1) is 22.1. The number of carbonyl (C=O) groups is 1. The van der Waals surface area contributed by atoms with Crippen LogP contribution in [0.4, 0.5) is 0 Å². The monoisotopic (exact) mass is 445 g/mol. The summed E-state index contributed by atoms with van der Waals surface area (Å²) in [6.07, 6.45) is 0. The second kappa shape index (κ2) is 9.95. The highest BCUT2D eigenvalue weighted by atomic mass is 35.5. The molecule has 0 saturated carbocycles. The summed E-state index contributed by atoms with van der Waals surface area (Å²) in [6.45, 7) is 6.79. The first-order valence-corrected chi connectivity index (χ1v) is 10.8. The number of benzene rings is 2. The molecule has 0 spiro atoms. The Kier molecular flexibility index (Phi) is 7.33. The Balaban J connectivity index is 1.58. The number of ether oxygens (including phenoxy) is 1. The number of amides is 1. The molecule has 0 N–H and O–H groups in total. The smallest absolute Gasteiger partial charge is 0.235 e. The van der Waals surface area contributed by atoms with Gasteiger partial charge in [0, 0.05) is 12.1 Å². The summed E-state index contributed by atoms with van der Waals surface area (Å²) in [7, 11) is 1.76. The predicted octanol–water partition coefficient (Wildman–Crippen LogP) is 3.95. The van der Waals surface area contributed by atoms with Gasteiger partial charge in [0.2, 0.25) is 11.1 Å². The highest BCUT2D eigenvalue weighted by molar-refractivity contribution is 8.00. The van der Waals surface area contributed by atoms with Crippen LogP contribution in [-0.4, -0.2) is 56.5 Å². The van der Waals surface area contributed by atoms with E-state index in [1.54, 1.807) is 40.9 Å². The van der Waals surface area contributed by atoms with Crippen LogP contribution in [0.25, 0.3) is 5.69 Å². The van der Waals surface area contributed by atoms with Gasteiger partial charge >= 0.3 is 0 Å². The fourth-order valence-electron chi connectivity index (χ4n) is 2.83. The van der Waals surface area contributed by atoms with Crippen molar-refractivity contribution in [3.8, 4) is 11.4 Å². The van der Waals surface area contributed by atoms with Gasteiger partial charge in [0.1, 0.15) is 12.4 Å². The van der Waals surface area contributed by atoms with Crippen LogP contribution < -0.4 is 4.74 Å². The molecular weight excluding hydrogens is 422 g/mol. The van der Waals surface area contributed by atoms with Gasteiger partial charge in [0.25, 0.3) is 0 Å². The van der Waals surface area contributed by atoms with Crippen molar-refractivity contribution in [2.45, 2.75) is 31.2 Å². The minimum atomic E-state index is -0.347. The third kappa shape index (κ3) is 5.31. The zero-order chi connectivity index (χ0) is 21.7. The first-order chi connectivity index (χ1) is 14.4. The van der Waals surface area contributed by atoms with E-state index >= 15 is 0 Å². The van der Waals surface area contributed by atoms with E-state index in [1.165, 1.54) is 11.8 Å². The zero-order valence-electron chi connectivity index (χ0n) is 17.4. The van der Waals surface area contributed by atoms with Crippen molar-refractivity contribution in [1.82, 2.24) is 25.1 Å². The number of carbonyl (C=O) groups excluding carboxylic acids is 1. The molecule has 1 heterocycles. The van der Waals surface area contributed by atoms with Crippen LogP contribution in [0.3, 0.4) is 0 Å². The van der Waals surface area contributed by atoms with E-state index < -0.39 is 0 Å². The molecule has 0 radical (unpaired) electrons. The van der Waals surface area contributed by atoms with Gasteiger partial charge in [-0.05, 0) is 72.7 Å². The Morgan fingerprint density at radius 2 is 1.97 bits per heavy atom. The Morgan fingerprint density at radius 3 is 2.70 bits per heavy atom. The Labute approximate surface area is 185 Å². The molecule has 30 heavy (non-hydrogen) atoms. The molecule has 1 amide bonds. The van der Waals surface area contributed by atoms with Crippen LogP contribution in [0.15, 0.2) is 47.6 Å². The molecule has 0 aliphatic rings. The molecule has 158 valence electrons. The van der Waals surface area contributed by atoms with E-state index in [1.807, 2.05) is 39.0 Å². The van der Waals surface area contributed by atoms with Crippen LogP contribution >= 0.6 is 23.4 Å². The number of rotatable bonds is 8. The lowest BCUT2D eigenvalue weighted by Crippen LogP contribution is -2.36. The van der Waals surface area contributed by atoms with E-state index in [-0.39, 0.29) is 11.2 Å². The van der Waals surface area contributed by atoms with Crippen LogP contribution in [0, 0.1) is 13.8 Å². The van der Waals surface area contributed by atoms with Gasteiger partial charge < -0.3 is 9.64 Å². The lowest BCUT2D eigenvalue weighted by atomic mass is 10.1. The SMILES string of the molecule is Cc1cccc(-n2nnnc2SC(C)C(=O)N(C)CCOc2ccc(Cl)cc2)c1C. The van der Waals surface area contributed by atoms with Crippen molar-refractivity contribution in [3.63, 3.8) is 0 Å². The number of nitrogens with zero attached hydrogens (tertiary/aromatic N) is 5. The number of thioether (sulfide) groups is 1. The summed E-state index contributed by atoms with van der Waals surface area (Å²) in [5, 5.41) is 12.9. The minimum absolute atomic E-state index is 0.0183. The highest BCUT2D eigenvalue weighted by Crippen LogP contribution is 2.26. The van der Waals surface area contributed by atoms with Gasteiger partial charge in [-0.15, -0.1) is 5.10 Å². The molecule has 3 aromatic rings. The van der Waals surface area contributed by atoms with E-state index in [2.05, 4.69) is 15.5 Å². The minimum Gasteiger partial charge on any atom is -0.492 e. The van der Waals surface area contributed by atoms with Crippen LogP contribution in [0.5, 0.6) is 5.75 Å². The van der Waals surface area contributed by atoms with Crippen molar-refractivity contribution in [3.05, 3.63) is 58.6 Å². The van der Waals surface area contributed by atoms with Crippen molar-refractivity contribution in [2.75, 3.05) is 20.2 Å². The van der Waals surface area contributed by atoms with E-state index in [9.17, 15) is 4.79 Å². The normalized spacial score (nSPS) is 11.9. The quantitative estimate of drug-likeness (QED) is 0.489. The molecule has 1 unspecified atom stereocenters. The number of halogens is 1. The molecule has 0 fully saturated rings. The summed E-state index contributed by atoms with van der Waals surface area (Å²) in [5.74, 6) is 0.700. The molecule has 0 saturated heterocycles. The first-order valence-electron chi connectivity index (χ1n) is 9.52. The number of aryl methyl sites for hydroxylation is 1. The van der Waals surface area contributed by atoms with Gasteiger partial charge in [0.05, 0.1) is 17.5 Å². The lowest BCUT2D eigenvalue weighted by molar-refractivity contribution is -0.129. The zero-order valence-corrected chi connectivity index (χ0v) is 18.9. The molecular formula is C21H24ClN5O2S. The maximum Gasteiger partial charge on any atom is 0.235 e. The van der Waals surface area contributed by atoms with Crippen molar-refractivity contribution in [1.29, 1.82) is 0 Å². The van der Waals surface area contributed by atoms with Crippen molar-refractivity contribution in [2.24, 2.45) is 0 Å². The number of hydrogen-bond acceptors (Lipinski definition) is 6. The Hall–Kier alpha value is -2.58. The van der Waals surface area contributed by atoms with Crippen LogP contribution in [-0.2, 0) is 4.79 Å². The second-order valence-electron chi connectivity index (χ2n) is 6.91. The predicted molar refractivity (Wildman–Crippen MR) is 119 cm³/mol. The second-order valence-corrected chi connectivity index (χ2v) is 8.66. The lowest BCUT2D eigenvalue weighted by Gasteiger charge is -2.21. The molecule has 3 rings (SSSR count). The maximum atomic E-state index is 12.8. The van der Waals surface area contributed by atoms with Gasteiger partial charge in [0.15, 0.2) is 0 Å². The summed E-state index contributed by atoms with van der Waals surface area (Å²) >= 11 is 7.21. The molecule has 7 nitrogen and oxygen atoms in total. The van der Waals surface area contributed by atoms with Crippen LogP contribution in [0.2, 0.25) is 5.02 Å². The maximum absolute atomic E-state index is 12.8. The molecule has 9 heteroatoms. The van der Waals surface area contributed by atoms with Crippen molar-refractivity contribution < 1.29 is 9.53 Å². The Bertz CT molecular complexity index is 1010. The number of likely N-dealkylation sites (N-methyl/N-ethyl adjacent to an activating group) is 1. The summed E-state index contributed by atoms with van der Waals surface area (Å²) in [4.78, 5) is 14.4. The topological polar surface area (TPSA) is 73.1 Å². The molecule has 1 aromatic heterocycles. The van der Waals surface area contributed by atoms with E-state index in [0.29, 0.717) is 23.3 Å². The molecule has 0 aliphatic carbocycles. The van der Waals surface area contributed by atoms with E-state index in [0.717, 1.165) is 22.6 Å². The number of tetrazole rings is 1. The largest absolute Gasteiger partial charge is 0.492 e. The van der Waals surface area contributed by atoms with Gasteiger partial charge in [-0.1, -0.05) is 35.5 Å². The van der Waals surface area contributed by atoms with E-state index in [4.69, 9.17) is 16.3 Å². The molecule has 0 aliphatic heterocycles. The third-order valence-corrected chi connectivity index (χ3v) is 6.03. The summed E-state index contributed by atoms with van der Waals surface area (Å²) in [5.41, 5.74) is 3.16. The summed E-state index contributed by atoms with van der Waals surface area (Å²) < 4.78 is 7.35. The highest BCUT2D eigenvalue weighted by Gasteiger charge is 2.22. The molecule has 0 bridgehead atoms.